The van der Waals surface area contributed by atoms with E-state index in [0.29, 0.717) is 10.8 Å². The van der Waals surface area contributed by atoms with Gasteiger partial charge in [0, 0.05) is 16.8 Å². The van der Waals surface area contributed by atoms with E-state index in [1.54, 1.807) is 7.05 Å². The van der Waals surface area contributed by atoms with Crippen molar-refractivity contribution in [1.29, 1.82) is 0 Å². The Kier molecular flexibility index (Phi) is 4.79. The summed E-state index contributed by atoms with van der Waals surface area (Å²) in [6.45, 7) is 1.87. The first kappa shape index (κ1) is 13.5. The number of likely N-dealkylation sites (N-methyl/N-ethyl adjacent to an activating group) is 1. The van der Waals surface area contributed by atoms with Gasteiger partial charge in [0.2, 0.25) is 0 Å². The Morgan fingerprint density at radius 1 is 1.31 bits per heavy atom. The van der Waals surface area contributed by atoms with Crippen LogP contribution in [0.1, 0.15) is 17.7 Å². The Morgan fingerprint density at radius 2 is 1.88 bits per heavy atom. The maximum Gasteiger partial charge on any atom is 0.320 e. The minimum absolute atomic E-state index is 0.0608. The van der Waals surface area contributed by atoms with E-state index in [0.717, 1.165) is 5.56 Å². The Bertz CT molecular complexity index is 419. The first-order chi connectivity index (χ1) is 7.44. The lowest BCUT2D eigenvalue weighted by molar-refractivity contribution is 0.501. The molecule has 0 spiro atoms. The van der Waals surface area contributed by atoms with E-state index in [9.17, 15) is 8.42 Å². The SMILES string of the molecule is CN[C@H](C)[C@H](SS(=O)(=O)O)c1ccccc1. The van der Waals surface area contributed by atoms with Crippen molar-refractivity contribution in [1.82, 2.24) is 5.32 Å². The molecule has 0 aliphatic carbocycles. The second-order valence-corrected chi connectivity index (χ2v) is 6.83. The molecule has 1 rings (SSSR count). The molecule has 0 fully saturated rings. The quantitative estimate of drug-likeness (QED) is 0.625. The molecule has 0 saturated heterocycles. The third-order valence-electron chi connectivity index (χ3n) is 2.26. The van der Waals surface area contributed by atoms with Gasteiger partial charge in [-0.3, -0.25) is 4.55 Å². The molecule has 2 N–H and O–H groups in total. The number of rotatable bonds is 5. The minimum atomic E-state index is -4.05. The molecule has 6 heteroatoms. The minimum Gasteiger partial charge on any atom is -0.316 e. The Morgan fingerprint density at radius 3 is 2.31 bits per heavy atom. The second kappa shape index (κ2) is 5.67. The molecule has 1 aromatic carbocycles. The summed E-state index contributed by atoms with van der Waals surface area (Å²) in [5.74, 6) is 0. The summed E-state index contributed by atoms with van der Waals surface area (Å²) in [6.07, 6.45) is 0. The van der Waals surface area contributed by atoms with Gasteiger partial charge in [0.15, 0.2) is 0 Å². The van der Waals surface area contributed by atoms with Crippen LogP contribution in [-0.2, 0) is 9.15 Å². The van der Waals surface area contributed by atoms with Crippen molar-refractivity contribution >= 4 is 19.9 Å². The molecule has 16 heavy (non-hydrogen) atoms. The molecule has 0 aliphatic heterocycles. The zero-order chi connectivity index (χ0) is 12.2. The van der Waals surface area contributed by atoms with Crippen LogP contribution in [0.25, 0.3) is 0 Å². The maximum atomic E-state index is 10.9. The molecule has 0 aliphatic rings. The van der Waals surface area contributed by atoms with Crippen LogP contribution in [0, 0.1) is 0 Å². The van der Waals surface area contributed by atoms with Crippen LogP contribution in [0.4, 0.5) is 0 Å². The molecule has 4 nitrogen and oxygen atoms in total. The molecule has 2 atom stereocenters. The van der Waals surface area contributed by atoms with E-state index in [4.69, 9.17) is 4.55 Å². The summed E-state index contributed by atoms with van der Waals surface area (Å²) < 4.78 is 30.8. The zero-order valence-electron chi connectivity index (χ0n) is 9.12. The predicted molar refractivity (Wildman–Crippen MR) is 66.8 cm³/mol. The molecular weight excluding hydrogens is 246 g/mol. The van der Waals surface area contributed by atoms with Crippen molar-refractivity contribution in [3.8, 4) is 0 Å². The van der Waals surface area contributed by atoms with Crippen LogP contribution in [0.2, 0.25) is 0 Å². The van der Waals surface area contributed by atoms with Crippen LogP contribution in [0.5, 0.6) is 0 Å². The summed E-state index contributed by atoms with van der Waals surface area (Å²) in [4.78, 5) is 0. The van der Waals surface area contributed by atoms with Crippen LogP contribution in [0.3, 0.4) is 0 Å². The van der Waals surface area contributed by atoms with Gasteiger partial charge in [0.25, 0.3) is 0 Å². The molecule has 90 valence electrons. The van der Waals surface area contributed by atoms with Gasteiger partial charge in [0.1, 0.15) is 0 Å². The Hall–Kier alpha value is -0.560. The van der Waals surface area contributed by atoms with Crippen molar-refractivity contribution in [3.05, 3.63) is 35.9 Å². The third-order valence-corrected chi connectivity index (χ3v) is 4.75. The Labute approximate surface area is 99.6 Å². The second-order valence-electron chi connectivity index (χ2n) is 3.43. The van der Waals surface area contributed by atoms with Gasteiger partial charge < -0.3 is 5.32 Å². The fraction of sp³-hybridized carbons (Fsp3) is 0.400. The number of nitrogens with one attached hydrogen (secondary N) is 1. The van der Waals surface area contributed by atoms with Gasteiger partial charge in [-0.15, -0.1) is 0 Å². The van der Waals surface area contributed by atoms with Crippen molar-refractivity contribution in [3.63, 3.8) is 0 Å². The van der Waals surface area contributed by atoms with Crippen molar-refractivity contribution in [2.75, 3.05) is 7.05 Å². The molecule has 0 heterocycles. The highest BCUT2D eigenvalue weighted by molar-refractivity contribution is 8.70. The van der Waals surface area contributed by atoms with E-state index in [1.165, 1.54) is 0 Å². The smallest absolute Gasteiger partial charge is 0.316 e. The predicted octanol–water partition coefficient (Wildman–Crippen LogP) is 1.87. The molecule has 0 bridgehead atoms. The summed E-state index contributed by atoms with van der Waals surface area (Å²) in [6, 6.07) is 9.18. The van der Waals surface area contributed by atoms with E-state index in [1.807, 2.05) is 37.3 Å². The van der Waals surface area contributed by atoms with E-state index < -0.39 is 9.15 Å². The fourth-order valence-corrected chi connectivity index (χ4v) is 3.81. The average molecular weight is 261 g/mol. The summed E-state index contributed by atoms with van der Waals surface area (Å²) in [5.41, 5.74) is 0.868. The fourth-order valence-electron chi connectivity index (χ4n) is 1.35. The normalized spacial score (nSPS) is 15.7. The zero-order valence-corrected chi connectivity index (χ0v) is 10.8. The highest BCUT2D eigenvalue weighted by Gasteiger charge is 2.24. The average Bonchev–Trinajstić information content (AvgIpc) is 2.25. The van der Waals surface area contributed by atoms with Crippen LogP contribution < -0.4 is 5.32 Å². The molecule has 0 amide bonds. The number of hydrogen-bond donors (Lipinski definition) is 2. The van der Waals surface area contributed by atoms with Gasteiger partial charge in [-0.05, 0) is 19.5 Å². The lowest BCUT2D eigenvalue weighted by Crippen LogP contribution is -2.27. The lowest BCUT2D eigenvalue weighted by atomic mass is 10.1. The largest absolute Gasteiger partial charge is 0.320 e. The Balaban J connectivity index is 2.97. The van der Waals surface area contributed by atoms with Crippen LogP contribution in [0.15, 0.2) is 30.3 Å². The molecule has 0 radical (unpaired) electrons. The van der Waals surface area contributed by atoms with Gasteiger partial charge in [-0.25, -0.2) is 0 Å². The lowest BCUT2D eigenvalue weighted by Gasteiger charge is -2.21. The first-order valence-corrected chi connectivity index (χ1v) is 7.65. The van der Waals surface area contributed by atoms with Gasteiger partial charge in [-0.2, -0.15) is 8.42 Å². The van der Waals surface area contributed by atoms with Crippen molar-refractivity contribution < 1.29 is 13.0 Å². The third kappa shape index (κ3) is 4.13. The molecule has 1 aromatic rings. The molecule has 0 aromatic heterocycles. The molecule has 0 saturated carbocycles. The van der Waals surface area contributed by atoms with E-state index in [-0.39, 0.29) is 11.3 Å². The van der Waals surface area contributed by atoms with Gasteiger partial charge >= 0.3 is 9.15 Å². The standard InChI is InChI=1S/C10H15NO3S2/c1-8(11-2)10(15-16(12,13)14)9-6-4-3-5-7-9/h3-8,10-11H,1-2H3,(H,12,13,14)/t8-,10+/m1/s1. The summed E-state index contributed by atoms with van der Waals surface area (Å²) in [7, 11) is -1.74. The van der Waals surface area contributed by atoms with E-state index in [2.05, 4.69) is 5.32 Å². The van der Waals surface area contributed by atoms with Gasteiger partial charge in [-0.1, -0.05) is 30.3 Å². The highest BCUT2D eigenvalue weighted by Crippen LogP contribution is 2.35. The number of benzene rings is 1. The van der Waals surface area contributed by atoms with Crippen molar-refractivity contribution in [2.45, 2.75) is 18.2 Å². The summed E-state index contributed by atoms with van der Waals surface area (Å²) >= 11 is 0. The molecular formula is C10H15NO3S2. The summed E-state index contributed by atoms with van der Waals surface area (Å²) in [5, 5.41) is 2.66. The first-order valence-electron chi connectivity index (χ1n) is 4.82. The van der Waals surface area contributed by atoms with Crippen LogP contribution in [-0.4, -0.2) is 26.1 Å². The monoisotopic (exact) mass is 261 g/mol. The molecule has 0 unspecified atom stereocenters. The van der Waals surface area contributed by atoms with Crippen LogP contribution >= 0.6 is 10.8 Å². The van der Waals surface area contributed by atoms with E-state index >= 15 is 0 Å². The van der Waals surface area contributed by atoms with Crippen molar-refractivity contribution in [2.24, 2.45) is 0 Å². The topological polar surface area (TPSA) is 66.4 Å². The maximum absolute atomic E-state index is 10.9. The van der Waals surface area contributed by atoms with Gasteiger partial charge in [0.05, 0.1) is 5.25 Å². The highest BCUT2D eigenvalue weighted by atomic mass is 33.1. The number of hydrogen-bond acceptors (Lipinski definition) is 4.